The maximum atomic E-state index is 11.7. The third-order valence-electron chi connectivity index (χ3n) is 2.22. The minimum absolute atomic E-state index is 0.0728. The van der Waals surface area contributed by atoms with Gasteiger partial charge in [-0.15, -0.1) is 6.58 Å². The van der Waals surface area contributed by atoms with Crippen LogP contribution in [0.3, 0.4) is 0 Å². The molecule has 4 heteroatoms. The summed E-state index contributed by atoms with van der Waals surface area (Å²) in [5.41, 5.74) is -0.459. The summed E-state index contributed by atoms with van der Waals surface area (Å²) in [5, 5.41) is 6.21. The molecule has 2 N–H and O–H groups in total. The topological polar surface area (TPSA) is 50.4 Å². The summed E-state index contributed by atoms with van der Waals surface area (Å²) in [7, 11) is 0. The van der Waals surface area contributed by atoms with Crippen molar-refractivity contribution >= 4 is 6.09 Å². The first-order chi connectivity index (χ1) is 8.24. The van der Waals surface area contributed by atoms with Crippen LogP contribution >= 0.6 is 0 Å². The van der Waals surface area contributed by atoms with Gasteiger partial charge in [0.05, 0.1) is 0 Å². The third-order valence-corrected chi connectivity index (χ3v) is 2.22. The number of nitrogens with one attached hydrogen (secondary N) is 2. The lowest BCUT2D eigenvalue weighted by atomic mass is 10.1. The van der Waals surface area contributed by atoms with Crippen molar-refractivity contribution in [1.82, 2.24) is 10.6 Å². The molecule has 0 aromatic rings. The SMILES string of the molecule is C=CC[C@@H](CCNC(C)C)NC(=O)OC(C)(C)C. The van der Waals surface area contributed by atoms with Gasteiger partial charge in [-0.1, -0.05) is 19.9 Å². The van der Waals surface area contributed by atoms with Crippen LogP contribution < -0.4 is 10.6 Å². The second-order valence-corrected chi connectivity index (χ2v) is 5.77. The van der Waals surface area contributed by atoms with Gasteiger partial charge in [-0.2, -0.15) is 0 Å². The second kappa shape index (κ2) is 8.14. The molecule has 0 aliphatic rings. The Morgan fingerprint density at radius 2 is 2.00 bits per heavy atom. The standard InChI is InChI=1S/C14H28N2O2/c1-7-8-12(9-10-15-11(2)3)16-13(17)18-14(4,5)6/h7,11-12,15H,1,8-10H2,2-6H3,(H,16,17)/t12-/m0/s1. The summed E-state index contributed by atoms with van der Waals surface area (Å²) < 4.78 is 5.24. The molecule has 0 rings (SSSR count). The van der Waals surface area contributed by atoms with E-state index in [4.69, 9.17) is 4.74 Å². The van der Waals surface area contributed by atoms with E-state index in [2.05, 4.69) is 31.1 Å². The van der Waals surface area contributed by atoms with Crippen molar-refractivity contribution in [1.29, 1.82) is 0 Å². The van der Waals surface area contributed by atoms with Crippen LogP contribution in [0.1, 0.15) is 47.5 Å². The van der Waals surface area contributed by atoms with Crippen molar-refractivity contribution in [2.75, 3.05) is 6.54 Å². The van der Waals surface area contributed by atoms with Gasteiger partial charge in [-0.25, -0.2) is 4.79 Å². The van der Waals surface area contributed by atoms with E-state index < -0.39 is 5.60 Å². The van der Waals surface area contributed by atoms with Crippen LogP contribution in [-0.2, 0) is 4.74 Å². The van der Waals surface area contributed by atoms with Crippen LogP contribution in [0.2, 0.25) is 0 Å². The maximum absolute atomic E-state index is 11.7. The van der Waals surface area contributed by atoms with E-state index in [-0.39, 0.29) is 12.1 Å². The van der Waals surface area contributed by atoms with E-state index >= 15 is 0 Å². The molecule has 0 heterocycles. The molecule has 0 bridgehead atoms. The first-order valence-electron chi connectivity index (χ1n) is 6.58. The average molecular weight is 256 g/mol. The maximum Gasteiger partial charge on any atom is 0.407 e. The highest BCUT2D eigenvalue weighted by Gasteiger charge is 2.18. The Bertz CT molecular complexity index is 257. The molecule has 18 heavy (non-hydrogen) atoms. The molecule has 1 atom stereocenters. The van der Waals surface area contributed by atoms with Crippen molar-refractivity contribution in [3.63, 3.8) is 0 Å². The Balaban J connectivity index is 4.09. The highest BCUT2D eigenvalue weighted by molar-refractivity contribution is 5.68. The minimum Gasteiger partial charge on any atom is -0.444 e. The Hall–Kier alpha value is -1.03. The fraction of sp³-hybridized carbons (Fsp3) is 0.786. The first kappa shape index (κ1) is 17.0. The average Bonchev–Trinajstić information content (AvgIpc) is 2.13. The second-order valence-electron chi connectivity index (χ2n) is 5.77. The van der Waals surface area contributed by atoms with E-state index in [1.807, 2.05) is 26.8 Å². The molecule has 0 saturated heterocycles. The lowest BCUT2D eigenvalue weighted by Gasteiger charge is -2.23. The Kier molecular flexibility index (Phi) is 7.67. The normalized spacial score (nSPS) is 13.2. The number of alkyl carbamates (subject to hydrolysis) is 1. The first-order valence-corrected chi connectivity index (χ1v) is 6.58. The zero-order valence-corrected chi connectivity index (χ0v) is 12.4. The van der Waals surface area contributed by atoms with E-state index in [1.54, 1.807) is 0 Å². The number of hydrogen-bond donors (Lipinski definition) is 2. The smallest absolute Gasteiger partial charge is 0.407 e. The number of amides is 1. The molecular weight excluding hydrogens is 228 g/mol. The molecule has 0 aliphatic heterocycles. The molecule has 1 amide bonds. The number of carbonyl (C=O) groups excluding carboxylic acids is 1. The summed E-state index contributed by atoms with van der Waals surface area (Å²) in [5.74, 6) is 0. The predicted octanol–water partition coefficient (Wildman–Crippen LogP) is 2.84. The largest absolute Gasteiger partial charge is 0.444 e. The third kappa shape index (κ3) is 10.1. The van der Waals surface area contributed by atoms with Crippen LogP contribution in [0.4, 0.5) is 4.79 Å². The highest BCUT2D eigenvalue weighted by Crippen LogP contribution is 2.08. The van der Waals surface area contributed by atoms with Crippen LogP contribution in [0.5, 0.6) is 0 Å². The number of carbonyl (C=O) groups is 1. The highest BCUT2D eigenvalue weighted by atomic mass is 16.6. The van der Waals surface area contributed by atoms with Crippen LogP contribution in [-0.4, -0.2) is 30.3 Å². The van der Waals surface area contributed by atoms with Gasteiger partial charge in [0.15, 0.2) is 0 Å². The van der Waals surface area contributed by atoms with Crippen molar-refractivity contribution in [3.05, 3.63) is 12.7 Å². The zero-order chi connectivity index (χ0) is 14.2. The Morgan fingerprint density at radius 1 is 1.39 bits per heavy atom. The van der Waals surface area contributed by atoms with Crippen molar-refractivity contribution in [2.24, 2.45) is 0 Å². The van der Waals surface area contributed by atoms with Crippen LogP contribution in [0, 0.1) is 0 Å². The van der Waals surface area contributed by atoms with Crippen molar-refractivity contribution < 1.29 is 9.53 Å². The Labute approximate surface area is 111 Å². The molecule has 4 nitrogen and oxygen atoms in total. The minimum atomic E-state index is -0.459. The van der Waals surface area contributed by atoms with Gasteiger partial charge in [0.25, 0.3) is 0 Å². The van der Waals surface area contributed by atoms with Gasteiger partial charge in [0.2, 0.25) is 0 Å². The fourth-order valence-corrected chi connectivity index (χ4v) is 1.47. The molecule has 0 spiro atoms. The van der Waals surface area contributed by atoms with Gasteiger partial charge < -0.3 is 15.4 Å². The zero-order valence-electron chi connectivity index (χ0n) is 12.4. The molecule has 0 aromatic heterocycles. The van der Waals surface area contributed by atoms with E-state index in [9.17, 15) is 4.79 Å². The lowest BCUT2D eigenvalue weighted by molar-refractivity contribution is 0.0502. The van der Waals surface area contributed by atoms with Gasteiger partial charge in [0, 0.05) is 12.1 Å². The summed E-state index contributed by atoms with van der Waals surface area (Å²) in [4.78, 5) is 11.7. The molecule has 0 fully saturated rings. The fourth-order valence-electron chi connectivity index (χ4n) is 1.47. The summed E-state index contributed by atoms with van der Waals surface area (Å²) in [6.07, 6.45) is 3.07. The number of rotatable bonds is 7. The summed E-state index contributed by atoms with van der Waals surface area (Å²) in [6, 6.07) is 0.527. The van der Waals surface area contributed by atoms with E-state index in [1.165, 1.54) is 0 Å². The van der Waals surface area contributed by atoms with Crippen LogP contribution in [0.25, 0.3) is 0 Å². The number of ether oxygens (including phenoxy) is 1. The van der Waals surface area contributed by atoms with Crippen molar-refractivity contribution in [3.8, 4) is 0 Å². The molecule has 0 aliphatic carbocycles. The molecular formula is C14H28N2O2. The van der Waals surface area contributed by atoms with Crippen molar-refractivity contribution in [2.45, 2.75) is 65.1 Å². The molecule has 0 saturated carbocycles. The quantitative estimate of drug-likeness (QED) is 0.689. The molecule has 0 radical (unpaired) electrons. The van der Waals surface area contributed by atoms with Gasteiger partial charge >= 0.3 is 6.09 Å². The summed E-state index contributed by atoms with van der Waals surface area (Å²) >= 11 is 0. The van der Waals surface area contributed by atoms with E-state index in [0.717, 1.165) is 19.4 Å². The predicted molar refractivity (Wildman–Crippen MR) is 75.7 cm³/mol. The molecule has 0 aromatic carbocycles. The Morgan fingerprint density at radius 3 is 2.44 bits per heavy atom. The molecule has 0 unspecified atom stereocenters. The molecule has 106 valence electrons. The van der Waals surface area contributed by atoms with Gasteiger partial charge in [-0.05, 0) is 40.2 Å². The van der Waals surface area contributed by atoms with Crippen LogP contribution in [0.15, 0.2) is 12.7 Å². The summed E-state index contributed by atoms with van der Waals surface area (Å²) in [6.45, 7) is 14.4. The van der Waals surface area contributed by atoms with E-state index in [0.29, 0.717) is 6.04 Å². The monoisotopic (exact) mass is 256 g/mol. The lowest BCUT2D eigenvalue weighted by Crippen LogP contribution is -2.40. The van der Waals surface area contributed by atoms with Gasteiger partial charge in [-0.3, -0.25) is 0 Å². The van der Waals surface area contributed by atoms with Gasteiger partial charge in [0.1, 0.15) is 5.60 Å². The number of hydrogen-bond acceptors (Lipinski definition) is 3.